The number of carbonyl (C=O) groups excluding carboxylic acids is 4. The van der Waals surface area contributed by atoms with Gasteiger partial charge in [0.25, 0.3) is 5.56 Å². The number of hydrogen-bond donors (Lipinski definition) is 3. The molecule has 0 spiro atoms. The summed E-state index contributed by atoms with van der Waals surface area (Å²) in [6.45, 7) is 18.3. The smallest absolute Gasteiger partial charge is 0.343 e. The van der Waals surface area contributed by atoms with Crippen molar-refractivity contribution in [3.8, 4) is 36.5 Å². The molecule has 38 nitrogen and oxygen atoms in total. The molecule has 2 saturated heterocycles. The van der Waals surface area contributed by atoms with Gasteiger partial charge in [0, 0.05) is 127 Å². The Morgan fingerprint density at radius 2 is 0.609 bits per heavy atom. The SMILES string of the molecule is CCOC(=O)c1cn(-c2nccs2)c2nc(Cl)ccc2c1=O.CCOC(=O)c1cn(-c2nccs2)c2nc(Cl)ccc2c1=O.CCOC(=O)c1cn(-c2nccs2)c2nc(N3C[C@H](C)[C@@H](C)C3)ccc2c1=O.C[C@H]1CN(c2ccc3c(=O)c(C(=O)O)cn(-c4nccs4)c3n2)C[C@@H]1C.O=C(O)c1cn(-c2nccs2)c2nc(Cl)ccc2c1=O.O=Cc1c(O)c2ccc(Cl)nc2n(-c2nccs2)c1=O. The first-order chi connectivity index (χ1) is 66.4. The first kappa shape index (κ1) is 98.0. The molecule has 3 N–H and O–H groups in total. The number of pyridine rings is 12. The fourth-order valence-corrected chi connectivity index (χ4v) is 18.8. The fourth-order valence-electron chi connectivity index (χ4n) is 14.5. The van der Waals surface area contributed by atoms with Crippen molar-refractivity contribution < 1.29 is 58.3 Å². The van der Waals surface area contributed by atoms with Gasteiger partial charge in [-0.3, -0.25) is 56.4 Å². The molecule has 20 heterocycles. The normalized spacial score (nSPS) is 14.3. The molecule has 0 aromatic carbocycles. The van der Waals surface area contributed by atoms with Crippen LogP contribution in [0.1, 0.15) is 111 Å². The summed E-state index contributed by atoms with van der Waals surface area (Å²) in [6, 6.07) is 19.0. The molecule has 0 aliphatic carbocycles. The maximum atomic E-state index is 12.9. The van der Waals surface area contributed by atoms with Gasteiger partial charge in [0.2, 0.25) is 27.1 Å². The summed E-state index contributed by atoms with van der Waals surface area (Å²) in [5, 5.41) is 44.9. The Hall–Kier alpha value is -14.5. The number of thiazole rings is 6. The van der Waals surface area contributed by atoms with E-state index < -0.39 is 62.9 Å². The Kier molecular flexibility index (Phi) is 30.4. The first-order valence-corrected chi connectivity index (χ1v) is 48.2. The number of carboxylic acids is 2. The minimum Gasteiger partial charge on any atom is -0.506 e. The number of aromatic nitrogens is 18. The molecule has 0 unspecified atom stereocenters. The van der Waals surface area contributed by atoms with Gasteiger partial charge in [-0.2, -0.15) is 0 Å². The van der Waals surface area contributed by atoms with Crippen molar-refractivity contribution in [3.05, 3.63) is 289 Å². The number of fused-ring (bicyclic) bond motifs is 6. The van der Waals surface area contributed by atoms with Crippen molar-refractivity contribution in [1.29, 1.82) is 0 Å². The van der Waals surface area contributed by atoms with Crippen molar-refractivity contribution in [2.75, 3.05) is 55.8 Å². The van der Waals surface area contributed by atoms with Gasteiger partial charge in [0.05, 0.1) is 52.1 Å². The molecule has 138 heavy (non-hydrogen) atoms. The molecule has 704 valence electrons. The predicted octanol–water partition coefficient (Wildman–Crippen LogP) is 15.3. The summed E-state index contributed by atoms with van der Waals surface area (Å²) in [7, 11) is 0. The zero-order chi connectivity index (χ0) is 98.2. The first-order valence-electron chi connectivity index (χ1n) is 41.4. The number of ether oxygens (including phenoxy) is 3. The lowest BCUT2D eigenvalue weighted by Crippen LogP contribution is -2.23. The molecule has 4 atom stereocenters. The van der Waals surface area contributed by atoms with E-state index in [1.54, 1.807) is 127 Å². The number of aldehydes is 1. The number of carboxylic acid groups (broad SMARTS) is 2. The van der Waals surface area contributed by atoms with Crippen LogP contribution >= 0.6 is 114 Å². The standard InChI is InChI=1S/C20H22N4O3S.C18H18N4O3S.2C14H10ClN3O3S.2C12H6ClN3O3S/c1-4-27-19(26)15-11-24(20-21-7-8-28-20)18-14(17(15)25)5-6-16(22-18)23-9-12(2)13(3)10-23;1-10-7-21(8-11(10)2)14-4-3-12-15(23)13(17(24)25)9-22(16(12)20-14)18-19-5-6-26-18;2*1-2-21-13(20)9-7-18(14-16-5-6-22-14)12-8(11(9)19)3-4-10(15)17-12;13-8-2-1-6-9(18)7(5-17)11(19)16(10(6)15-8)12-14-3-4-20-12;13-8-2-1-6-9(17)7(11(18)19)5-16(10(6)15-8)12-14-3-4-20-12/h5-8,11-13H,4,9-10H2,1-3H3;3-6,9-11H,7-8H2,1-2H3,(H,24,25);2*3-7H,2H2,1H3;1-5,18H;1-5H,(H,18,19)/t12-,13-;10-,11-;;;;/m00..../s1. The maximum Gasteiger partial charge on any atom is 0.343 e. The number of aromatic carboxylic acids is 2. The molecular formula is C90H72Cl4N20O18S6. The van der Waals surface area contributed by atoms with Crippen molar-refractivity contribution in [2.24, 2.45) is 23.7 Å². The van der Waals surface area contributed by atoms with Gasteiger partial charge in [-0.15, -0.1) is 68.0 Å². The van der Waals surface area contributed by atoms with E-state index in [-0.39, 0.29) is 117 Å². The van der Waals surface area contributed by atoms with E-state index in [2.05, 4.69) is 87.3 Å². The summed E-state index contributed by atoms with van der Waals surface area (Å²) in [6.07, 6.45) is 16.8. The number of esters is 3. The summed E-state index contributed by atoms with van der Waals surface area (Å²) in [4.78, 5) is 200. The Morgan fingerprint density at radius 1 is 0.362 bits per heavy atom. The van der Waals surface area contributed by atoms with Crippen molar-refractivity contribution in [3.63, 3.8) is 0 Å². The fraction of sp³-hybridized carbons (Fsp3) is 0.200. The van der Waals surface area contributed by atoms with Gasteiger partial charge in [0.1, 0.15) is 71.4 Å². The van der Waals surface area contributed by atoms with Crippen LogP contribution in [-0.2, 0) is 14.2 Å². The zero-order valence-corrected chi connectivity index (χ0v) is 80.9. The third-order valence-electron chi connectivity index (χ3n) is 21.5. The van der Waals surface area contributed by atoms with E-state index in [0.29, 0.717) is 88.7 Å². The number of halogens is 4. The van der Waals surface area contributed by atoms with Crippen molar-refractivity contribution in [2.45, 2.75) is 48.5 Å². The number of carbonyl (C=O) groups is 6. The van der Waals surface area contributed by atoms with Gasteiger partial charge in [0.15, 0.2) is 71.0 Å². The molecule has 0 saturated carbocycles. The Balaban J connectivity index is 0.000000126. The average molecular weight is 2060 g/mol. The number of anilines is 2. The third-order valence-corrected chi connectivity index (χ3v) is 27.0. The number of nitrogens with zero attached hydrogens (tertiary/aromatic N) is 20. The van der Waals surface area contributed by atoms with E-state index >= 15 is 0 Å². The average Bonchev–Trinajstić information content (AvgIpc) is 1.59. The molecule has 18 aromatic heterocycles. The molecule has 0 radical (unpaired) electrons. The zero-order valence-electron chi connectivity index (χ0n) is 73.0. The topological polar surface area (TPSA) is 484 Å². The molecular weight excluding hydrogens is 1980 g/mol. The van der Waals surface area contributed by atoms with E-state index in [9.17, 15) is 67.7 Å². The van der Waals surface area contributed by atoms with Crippen LogP contribution in [0.25, 0.3) is 97.0 Å². The summed E-state index contributed by atoms with van der Waals surface area (Å²) >= 11 is 31.5. The van der Waals surface area contributed by atoms with E-state index in [1.807, 2.05) is 11.4 Å². The van der Waals surface area contributed by atoms with E-state index in [1.165, 1.54) is 146 Å². The van der Waals surface area contributed by atoms with Gasteiger partial charge >= 0.3 is 29.8 Å². The van der Waals surface area contributed by atoms with Crippen LogP contribution < -0.4 is 42.5 Å². The van der Waals surface area contributed by atoms with Crippen LogP contribution in [-0.4, -0.2) is 185 Å². The second kappa shape index (κ2) is 42.8. The lowest BCUT2D eigenvalue weighted by Gasteiger charge is -2.18. The number of aromatic hydroxyl groups is 1. The predicted molar refractivity (Wildman–Crippen MR) is 528 cm³/mol. The largest absolute Gasteiger partial charge is 0.506 e. The van der Waals surface area contributed by atoms with E-state index in [0.717, 1.165) is 42.4 Å². The summed E-state index contributed by atoms with van der Waals surface area (Å²) in [5.41, 5.74) is -2.09. The lowest BCUT2D eigenvalue weighted by atomic mass is 10.0. The molecule has 2 aliphatic rings. The van der Waals surface area contributed by atoms with Crippen LogP contribution in [0.2, 0.25) is 20.6 Å². The van der Waals surface area contributed by atoms with Gasteiger partial charge in [-0.25, -0.2) is 88.3 Å². The highest BCUT2D eigenvalue weighted by Gasteiger charge is 2.32. The molecule has 0 amide bonds. The minimum atomic E-state index is -1.29. The van der Waals surface area contributed by atoms with Crippen molar-refractivity contribution in [1.82, 2.24) is 87.2 Å². The van der Waals surface area contributed by atoms with Gasteiger partial charge in [-0.05, 0) is 117 Å². The van der Waals surface area contributed by atoms with Crippen LogP contribution in [0, 0.1) is 23.7 Å². The van der Waals surface area contributed by atoms with Crippen LogP contribution in [0.3, 0.4) is 0 Å². The molecule has 2 fully saturated rings. The highest BCUT2D eigenvalue weighted by molar-refractivity contribution is 7.13. The second-order valence-electron chi connectivity index (χ2n) is 30.2. The Labute approximate surface area is 820 Å². The Morgan fingerprint density at radius 3 is 0.870 bits per heavy atom. The van der Waals surface area contributed by atoms with Crippen LogP contribution in [0.4, 0.5) is 11.6 Å². The second-order valence-corrected chi connectivity index (χ2v) is 37.0. The quantitative estimate of drug-likeness (QED) is 0.0330. The highest BCUT2D eigenvalue weighted by atomic mass is 35.5. The summed E-state index contributed by atoms with van der Waals surface area (Å²) < 4.78 is 24.0. The minimum absolute atomic E-state index is 0.0116. The highest BCUT2D eigenvalue weighted by Crippen LogP contribution is 2.34. The van der Waals surface area contributed by atoms with Crippen molar-refractivity contribution >= 4 is 228 Å². The van der Waals surface area contributed by atoms with E-state index in [4.69, 9.17) is 75.7 Å². The van der Waals surface area contributed by atoms with Gasteiger partial charge in [-0.1, -0.05) is 74.1 Å². The number of rotatable bonds is 17. The van der Waals surface area contributed by atoms with Crippen LogP contribution in [0.5, 0.6) is 5.75 Å². The van der Waals surface area contributed by atoms with Crippen LogP contribution in [0.15, 0.2) is 202 Å². The molecule has 48 heteroatoms. The molecule has 18 aromatic rings. The maximum absolute atomic E-state index is 12.9. The Bertz CT molecular complexity index is 7940. The monoisotopic (exact) mass is 2050 g/mol. The lowest BCUT2D eigenvalue weighted by molar-refractivity contribution is 0.0514. The summed E-state index contributed by atoms with van der Waals surface area (Å²) in [5.74, 6) is -0.988. The number of hydrogen-bond acceptors (Lipinski definition) is 36. The third kappa shape index (κ3) is 20.6. The molecule has 0 bridgehead atoms. The van der Waals surface area contributed by atoms with Gasteiger partial charge < -0.3 is 39.3 Å². The molecule has 2 aliphatic heterocycles. The molecule has 20 rings (SSSR count).